The summed E-state index contributed by atoms with van der Waals surface area (Å²) in [6, 6.07) is 7.13. The van der Waals surface area contributed by atoms with E-state index in [4.69, 9.17) is 23.2 Å². The molecule has 6 nitrogen and oxygen atoms in total. The number of sulfonamides is 2. The van der Waals surface area contributed by atoms with Gasteiger partial charge in [0, 0.05) is 30.5 Å². The van der Waals surface area contributed by atoms with E-state index >= 15 is 0 Å². The van der Waals surface area contributed by atoms with Crippen molar-refractivity contribution in [3.8, 4) is 0 Å². The Kier molecular flexibility index (Phi) is 5.96. The van der Waals surface area contributed by atoms with Crippen LogP contribution >= 0.6 is 34.5 Å². The molecule has 1 aromatic heterocycles. The molecule has 0 spiro atoms. The maximum absolute atomic E-state index is 12.3. The van der Waals surface area contributed by atoms with Gasteiger partial charge in [0.1, 0.15) is 9.10 Å². The Balaban J connectivity index is 2.19. The summed E-state index contributed by atoms with van der Waals surface area (Å²) in [5.41, 5.74) is 0. The van der Waals surface area contributed by atoms with Crippen molar-refractivity contribution in [3.63, 3.8) is 0 Å². The quantitative estimate of drug-likeness (QED) is 0.766. The topological polar surface area (TPSA) is 83.6 Å². The molecule has 0 saturated heterocycles. The molecule has 0 aliphatic rings. The summed E-state index contributed by atoms with van der Waals surface area (Å²) < 4.78 is 52.3. The minimum absolute atomic E-state index is 0.0500. The van der Waals surface area contributed by atoms with Gasteiger partial charge in [0.05, 0.1) is 5.02 Å². The van der Waals surface area contributed by atoms with E-state index in [1.807, 2.05) is 0 Å². The van der Waals surface area contributed by atoms with Gasteiger partial charge in [0.25, 0.3) is 10.0 Å². The highest BCUT2D eigenvalue weighted by Gasteiger charge is 2.21. The molecule has 11 heteroatoms. The van der Waals surface area contributed by atoms with Gasteiger partial charge >= 0.3 is 0 Å². The van der Waals surface area contributed by atoms with Gasteiger partial charge in [0.2, 0.25) is 10.0 Å². The third-order valence-electron chi connectivity index (χ3n) is 2.99. The first-order chi connectivity index (χ1) is 11.0. The third kappa shape index (κ3) is 4.29. The number of hydrogen-bond donors (Lipinski definition) is 1. The van der Waals surface area contributed by atoms with Crippen molar-refractivity contribution in [1.29, 1.82) is 0 Å². The molecule has 2 rings (SSSR count). The lowest BCUT2D eigenvalue weighted by molar-refractivity contribution is 0.523. The van der Waals surface area contributed by atoms with E-state index in [-0.39, 0.29) is 25.7 Å². The lowest BCUT2D eigenvalue weighted by atomic mass is 10.4. The molecule has 0 bridgehead atoms. The Bertz CT molecular complexity index is 953. The summed E-state index contributed by atoms with van der Waals surface area (Å²) in [7, 11) is -4.55. The second-order valence-corrected chi connectivity index (χ2v) is 11.0. The molecular formula is C13H14Cl2N2O4S3. The SMILES string of the molecule is CN(C)S(=O)(=O)c1ccc(CNS(=O)(=O)c2cc(Cl)ccc2Cl)s1. The molecule has 0 fully saturated rings. The Morgan fingerprint density at radius 1 is 1.08 bits per heavy atom. The van der Waals surface area contributed by atoms with Gasteiger partial charge in [-0.2, -0.15) is 0 Å². The molecule has 0 atom stereocenters. The summed E-state index contributed by atoms with van der Waals surface area (Å²) in [4.78, 5) is 0.423. The summed E-state index contributed by atoms with van der Waals surface area (Å²) in [6.45, 7) is -0.0568. The Hall–Kier alpha value is -0.680. The Morgan fingerprint density at radius 3 is 2.38 bits per heavy atom. The van der Waals surface area contributed by atoms with Crippen LogP contribution in [0.4, 0.5) is 0 Å². The molecule has 24 heavy (non-hydrogen) atoms. The normalized spacial score (nSPS) is 12.7. The third-order valence-corrected chi connectivity index (χ3v) is 8.48. The average molecular weight is 429 g/mol. The summed E-state index contributed by atoms with van der Waals surface area (Å²) in [6.07, 6.45) is 0. The summed E-state index contributed by atoms with van der Waals surface area (Å²) in [5.74, 6) is 0. The number of nitrogens with one attached hydrogen (secondary N) is 1. The van der Waals surface area contributed by atoms with Gasteiger partial charge in [-0.1, -0.05) is 23.2 Å². The van der Waals surface area contributed by atoms with Gasteiger partial charge in [-0.25, -0.2) is 25.9 Å². The van der Waals surface area contributed by atoms with Crippen LogP contribution in [0.3, 0.4) is 0 Å². The molecule has 132 valence electrons. The molecule has 1 aromatic carbocycles. The number of nitrogens with zero attached hydrogens (tertiary/aromatic N) is 1. The molecular weight excluding hydrogens is 415 g/mol. The van der Waals surface area contributed by atoms with E-state index in [0.717, 1.165) is 15.6 Å². The smallest absolute Gasteiger partial charge is 0.207 e. The van der Waals surface area contributed by atoms with Crippen molar-refractivity contribution < 1.29 is 16.8 Å². The Morgan fingerprint density at radius 2 is 1.75 bits per heavy atom. The van der Waals surface area contributed by atoms with E-state index in [9.17, 15) is 16.8 Å². The standard InChI is InChI=1S/C13H14Cl2N2O4S3/c1-17(2)24(20,21)13-6-4-10(22-13)8-16-23(18,19)12-7-9(14)3-5-11(12)15/h3-7,16H,8H2,1-2H3. The second kappa shape index (κ2) is 7.28. The average Bonchev–Trinajstić information content (AvgIpc) is 2.97. The minimum atomic E-state index is -3.87. The molecule has 2 aromatic rings. The highest BCUT2D eigenvalue weighted by molar-refractivity contribution is 7.91. The minimum Gasteiger partial charge on any atom is -0.207 e. The van der Waals surface area contributed by atoms with Crippen LogP contribution in [0.25, 0.3) is 0 Å². The highest BCUT2D eigenvalue weighted by Crippen LogP contribution is 2.26. The van der Waals surface area contributed by atoms with Gasteiger partial charge in [-0.15, -0.1) is 11.3 Å². The maximum Gasteiger partial charge on any atom is 0.252 e. The van der Waals surface area contributed by atoms with Crippen LogP contribution < -0.4 is 4.72 Å². The fraction of sp³-hybridized carbons (Fsp3) is 0.231. The summed E-state index contributed by atoms with van der Waals surface area (Å²) >= 11 is 12.7. The predicted octanol–water partition coefficient (Wildman–Crippen LogP) is 2.78. The van der Waals surface area contributed by atoms with E-state index in [2.05, 4.69) is 4.72 Å². The van der Waals surface area contributed by atoms with Crippen LogP contribution in [-0.4, -0.2) is 35.2 Å². The zero-order valence-electron chi connectivity index (χ0n) is 12.7. The molecule has 0 amide bonds. The molecule has 1 heterocycles. The molecule has 0 aliphatic heterocycles. The number of hydrogen-bond acceptors (Lipinski definition) is 5. The van der Waals surface area contributed by atoms with Crippen molar-refractivity contribution in [1.82, 2.24) is 9.03 Å². The first-order valence-corrected chi connectivity index (χ1v) is 11.0. The van der Waals surface area contributed by atoms with Gasteiger partial charge in [0.15, 0.2) is 0 Å². The summed E-state index contributed by atoms with van der Waals surface area (Å²) in [5, 5.41) is 0.296. The number of halogens is 2. The zero-order valence-corrected chi connectivity index (χ0v) is 16.6. The van der Waals surface area contributed by atoms with Crippen LogP contribution in [0.1, 0.15) is 4.88 Å². The van der Waals surface area contributed by atoms with Crippen molar-refractivity contribution in [2.75, 3.05) is 14.1 Å². The van der Waals surface area contributed by atoms with Crippen molar-refractivity contribution >= 4 is 54.6 Å². The lowest BCUT2D eigenvalue weighted by Crippen LogP contribution is -2.23. The van der Waals surface area contributed by atoms with Crippen molar-refractivity contribution in [3.05, 3.63) is 45.3 Å². The lowest BCUT2D eigenvalue weighted by Gasteiger charge is -2.09. The first kappa shape index (κ1) is 19.6. The molecule has 0 aliphatic carbocycles. The molecule has 0 unspecified atom stereocenters. The molecule has 0 saturated carbocycles. The van der Waals surface area contributed by atoms with Gasteiger partial charge in [-0.3, -0.25) is 0 Å². The zero-order chi connectivity index (χ0) is 18.1. The predicted molar refractivity (Wildman–Crippen MR) is 95.7 cm³/mol. The second-order valence-electron chi connectivity index (χ2n) is 4.91. The monoisotopic (exact) mass is 428 g/mol. The van der Waals surface area contributed by atoms with Crippen molar-refractivity contribution in [2.45, 2.75) is 15.6 Å². The van der Waals surface area contributed by atoms with Gasteiger partial charge in [-0.05, 0) is 30.3 Å². The van der Waals surface area contributed by atoms with Crippen LogP contribution in [0.15, 0.2) is 39.4 Å². The molecule has 0 radical (unpaired) electrons. The maximum atomic E-state index is 12.3. The Labute approximate surface area is 155 Å². The molecule has 1 N–H and O–H groups in total. The van der Waals surface area contributed by atoms with Gasteiger partial charge < -0.3 is 0 Å². The van der Waals surface area contributed by atoms with Crippen LogP contribution in [-0.2, 0) is 26.6 Å². The number of rotatable bonds is 6. The fourth-order valence-electron chi connectivity index (χ4n) is 1.70. The largest absolute Gasteiger partial charge is 0.252 e. The van der Waals surface area contributed by atoms with Crippen LogP contribution in [0.5, 0.6) is 0 Å². The van der Waals surface area contributed by atoms with E-state index in [1.165, 1.54) is 38.4 Å². The van der Waals surface area contributed by atoms with E-state index in [0.29, 0.717) is 4.88 Å². The highest BCUT2D eigenvalue weighted by atomic mass is 35.5. The van der Waals surface area contributed by atoms with E-state index in [1.54, 1.807) is 6.07 Å². The van der Waals surface area contributed by atoms with Crippen LogP contribution in [0, 0.1) is 0 Å². The first-order valence-electron chi connectivity index (χ1n) is 6.50. The van der Waals surface area contributed by atoms with Crippen LogP contribution in [0.2, 0.25) is 10.0 Å². The fourth-order valence-corrected chi connectivity index (χ4v) is 6.02. The van der Waals surface area contributed by atoms with E-state index < -0.39 is 20.0 Å². The number of thiophene rings is 1. The van der Waals surface area contributed by atoms with Crippen molar-refractivity contribution in [2.24, 2.45) is 0 Å². The number of benzene rings is 1.